The molecule has 0 amide bonds. The summed E-state index contributed by atoms with van der Waals surface area (Å²) in [6.07, 6.45) is 18.1. The highest BCUT2D eigenvalue weighted by atomic mass is 31.1. The molecule has 21 heavy (non-hydrogen) atoms. The minimum absolute atomic E-state index is 0.0893. The van der Waals surface area contributed by atoms with E-state index in [1.807, 2.05) is 12.2 Å². The first-order chi connectivity index (χ1) is 10.1. The molecule has 0 heterocycles. The molecule has 1 aliphatic rings. The van der Waals surface area contributed by atoms with Crippen molar-refractivity contribution < 1.29 is 5.11 Å². The average molecular weight is 302 g/mol. The normalized spacial score (nSPS) is 19.5. The van der Waals surface area contributed by atoms with Gasteiger partial charge >= 0.3 is 0 Å². The van der Waals surface area contributed by atoms with Crippen LogP contribution in [0, 0.1) is 0 Å². The zero-order valence-corrected chi connectivity index (χ0v) is 14.0. The van der Waals surface area contributed by atoms with Crippen LogP contribution >= 0.6 is 7.92 Å². The third kappa shape index (κ3) is 5.89. The van der Waals surface area contributed by atoms with Gasteiger partial charge in [-0.15, -0.1) is 0 Å². The van der Waals surface area contributed by atoms with Crippen molar-refractivity contribution in [2.75, 3.05) is 6.66 Å². The first-order valence-corrected chi connectivity index (χ1v) is 9.40. The van der Waals surface area contributed by atoms with Crippen LogP contribution in [0.2, 0.25) is 0 Å². The summed E-state index contributed by atoms with van der Waals surface area (Å²) in [5, 5.41) is 11.0. The molecule has 0 saturated heterocycles. The topological polar surface area (TPSA) is 20.2 Å². The maximum Gasteiger partial charge on any atom is 0.115 e. The van der Waals surface area contributed by atoms with E-state index in [9.17, 15) is 5.11 Å². The van der Waals surface area contributed by atoms with Crippen molar-refractivity contribution in [1.82, 2.24) is 0 Å². The van der Waals surface area contributed by atoms with E-state index in [1.165, 1.54) is 37.4 Å². The minimum Gasteiger partial charge on any atom is -0.508 e. The van der Waals surface area contributed by atoms with Crippen molar-refractivity contribution >= 4 is 7.92 Å². The number of aliphatic hydroxyl groups is 1. The molecule has 1 fully saturated rings. The Hall–Kier alpha value is -1.33. The van der Waals surface area contributed by atoms with Crippen molar-refractivity contribution in [1.29, 1.82) is 0 Å². The molecule has 0 aromatic carbocycles. The fraction of sp³-hybridized carbons (Fsp3) is 0.368. The molecule has 1 nitrogen and oxygen atoms in total. The zero-order valence-electron chi connectivity index (χ0n) is 13.1. The van der Waals surface area contributed by atoms with Gasteiger partial charge in [-0.1, -0.05) is 77.3 Å². The molecule has 1 aliphatic carbocycles. The Balaban J connectivity index is 3.05. The van der Waals surface area contributed by atoms with Crippen LogP contribution in [0.3, 0.4) is 0 Å². The molecule has 0 bridgehead atoms. The van der Waals surface area contributed by atoms with E-state index in [-0.39, 0.29) is 13.7 Å². The van der Waals surface area contributed by atoms with Gasteiger partial charge in [0, 0.05) is 5.57 Å². The molecule has 2 heteroatoms. The Morgan fingerprint density at radius 3 is 2.33 bits per heavy atom. The van der Waals surface area contributed by atoms with E-state index in [0.717, 1.165) is 11.2 Å². The minimum atomic E-state index is -0.243. The van der Waals surface area contributed by atoms with Gasteiger partial charge in [-0.3, -0.25) is 0 Å². The summed E-state index contributed by atoms with van der Waals surface area (Å²) >= 11 is 0. The Morgan fingerprint density at radius 1 is 1.14 bits per heavy atom. The molecule has 1 N–H and O–H groups in total. The maximum absolute atomic E-state index is 9.72. The third-order valence-corrected chi connectivity index (χ3v) is 6.57. The molecule has 0 aromatic heterocycles. The number of rotatable bonds is 7. The van der Waals surface area contributed by atoms with Crippen molar-refractivity contribution in [2.24, 2.45) is 0 Å². The van der Waals surface area contributed by atoms with Gasteiger partial charge < -0.3 is 5.11 Å². The number of aliphatic hydroxyl groups excluding tert-OH is 1. The van der Waals surface area contributed by atoms with Crippen LogP contribution in [0.15, 0.2) is 72.8 Å². The highest BCUT2D eigenvalue weighted by Gasteiger charge is 2.21. The van der Waals surface area contributed by atoms with Crippen molar-refractivity contribution in [3.63, 3.8) is 0 Å². The van der Waals surface area contributed by atoms with Crippen LogP contribution in [-0.4, -0.2) is 17.4 Å². The monoisotopic (exact) mass is 302 g/mol. The van der Waals surface area contributed by atoms with Gasteiger partial charge in [0.2, 0.25) is 0 Å². The third-order valence-electron chi connectivity index (χ3n) is 3.87. The number of hydrogen-bond donors (Lipinski definition) is 1. The Labute approximate surface area is 130 Å². The van der Waals surface area contributed by atoms with Gasteiger partial charge in [0.15, 0.2) is 0 Å². The zero-order chi connectivity index (χ0) is 15.7. The van der Waals surface area contributed by atoms with Crippen LogP contribution in [0.4, 0.5) is 0 Å². The Morgan fingerprint density at radius 2 is 1.81 bits per heavy atom. The van der Waals surface area contributed by atoms with Gasteiger partial charge in [-0.25, -0.2) is 0 Å². The largest absolute Gasteiger partial charge is 0.508 e. The lowest BCUT2D eigenvalue weighted by Crippen LogP contribution is -2.10. The first kappa shape index (κ1) is 17.7. The maximum atomic E-state index is 9.72. The lowest BCUT2D eigenvalue weighted by Gasteiger charge is -2.29. The van der Waals surface area contributed by atoms with Gasteiger partial charge in [0.1, 0.15) is 5.76 Å². The van der Waals surface area contributed by atoms with Crippen LogP contribution in [0.25, 0.3) is 0 Å². The molecule has 1 saturated carbocycles. The number of allylic oxidation sites excluding steroid dienone is 7. The van der Waals surface area contributed by atoms with E-state index in [2.05, 4.69) is 32.5 Å². The Bertz CT molecular complexity index is 462. The summed E-state index contributed by atoms with van der Waals surface area (Å²) in [6, 6.07) is 0. The molecule has 1 rings (SSSR count). The van der Waals surface area contributed by atoms with E-state index in [4.69, 9.17) is 0 Å². The van der Waals surface area contributed by atoms with Crippen LogP contribution in [-0.2, 0) is 0 Å². The molecular weight excluding hydrogens is 275 g/mol. The molecule has 0 spiro atoms. The van der Waals surface area contributed by atoms with E-state index < -0.39 is 0 Å². The predicted molar refractivity (Wildman–Crippen MR) is 97.2 cm³/mol. The second kappa shape index (κ2) is 9.58. The van der Waals surface area contributed by atoms with Gasteiger partial charge in [-0.05, 0) is 36.6 Å². The second-order valence-electron chi connectivity index (χ2n) is 5.37. The summed E-state index contributed by atoms with van der Waals surface area (Å²) in [7, 11) is -0.243. The first-order valence-electron chi connectivity index (χ1n) is 7.54. The van der Waals surface area contributed by atoms with Crippen LogP contribution in [0.5, 0.6) is 0 Å². The van der Waals surface area contributed by atoms with Crippen LogP contribution in [0.1, 0.15) is 32.1 Å². The fourth-order valence-corrected chi connectivity index (χ4v) is 4.85. The SMILES string of the molecule is C=C\C=C/C(=C/C(=C/C=C)C(=C)O)P(C)C1CCCCC1. The lowest BCUT2D eigenvalue weighted by atomic mass is 10.0. The molecule has 114 valence electrons. The van der Waals surface area contributed by atoms with E-state index >= 15 is 0 Å². The smallest absolute Gasteiger partial charge is 0.115 e. The average Bonchev–Trinajstić information content (AvgIpc) is 2.50. The standard InChI is InChI=1S/C19H27OP/c1-5-7-12-19(15-17(11-6-2)16(3)20)21(4)18-13-9-8-10-14-18/h5-7,11-12,15,18,20H,1-3,8-10,13-14H2,4H3/b12-7-,17-11-,19-15-. The van der Waals surface area contributed by atoms with E-state index in [1.54, 1.807) is 18.2 Å². The molecule has 1 atom stereocenters. The van der Waals surface area contributed by atoms with Gasteiger partial charge in [0.25, 0.3) is 0 Å². The second-order valence-corrected chi connectivity index (χ2v) is 7.84. The number of hydrogen-bond acceptors (Lipinski definition) is 1. The van der Waals surface area contributed by atoms with Crippen LogP contribution < -0.4 is 0 Å². The highest BCUT2D eigenvalue weighted by molar-refractivity contribution is 7.62. The van der Waals surface area contributed by atoms with E-state index in [0.29, 0.717) is 0 Å². The van der Waals surface area contributed by atoms with Crippen molar-refractivity contribution in [3.05, 3.63) is 72.8 Å². The highest BCUT2D eigenvalue weighted by Crippen LogP contribution is 2.52. The molecule has 0 radical (unpaired) electrons. The molecule has 0 aromatic rings. The summed E-state index contributed by atoms with van der Waals surface area (Å²) in [5.74, 6) is 0.0893. The lowest BCUT2D eigenvalue weighted by molar-refractivity contribution is 0.429. The molecule has 0 aliphatic heterocycles. The summed E-state index contributed by atoms with van der Waals surface area (Å²) in [6.45, 7) is 13.4. The summed E-state index contributed by atoms with van der Waals surface area (Å²) in [5.41, 5.74) is 1.52. The van der Waals surface area contributed by atoms with Crippen molar-refractivity contribution in [2.45, 2.75) is 37.8 Å². The Kier molecular flexibility index (Phi) is 8.08. The molecule has 1 unspecified atom stereocenters. The summed E-state index contributed by atoms with van der Waals surface area (Å²) in [4.78, 5) is 0. The predicted octanol–water partition coefficient (Wildman–Crippen LogP) is 6.24. The van der Waals surface area contributed by atoms with Gasteiger partial charge in [0.05, 0.1) is 0 Å². The van der Waals surface area contributed by atoms with Gasteiger partial charge in [-0.2, -0.15) is 0 Å². The quantitative estimate of drug-likeness (QED) is 0.335. The summed E-state index contributed by atoms with van der Waals surface area (Å²) < 4.78 is 0. The molecular formula is C19H27OP. The fourth-order valence-electron chi connectivity index (χ4n) is 2.63. The van der Waals surface area contributed by atoms with Crippen molar-refractivity contribution in [3.8, 4) is 0 Å².